The summed E-state index contributed by atoms with van der Waals surface area (Å²) in [4.78, 5) is 21.8. The first-order chi connectivity index (χ1) is 8.84. The maximum Gasteiger partial charge on any atom is 0.357 e. The Morgan fingerprint density at radius 1 is 1.47 bits per heavy atom. The zero-order valence-corrected chi connectivity index (χ0v) is 10.8. The highest BCUT2D eigenvalue weighted by atomic mass is 32.2. The van der Waals surface area contributed by atoms with Gasteiger partial charge < -0.3 is 10.4 Å². The van der Waals surface area contributed by atoms with Crippen LogP contribution in [-0.4, -0.2) is 59.5 Å². The quantitative estimate of drug-likeness (QED) is 0.622. The van der Waals surface area contributed by atoms with Crippen LogP contribution >= 0.6 is 0 Å². The molecule has 0 unspecified atom stereocenters. The van der Waals surface area contributed by atoms with Crippen LogP contribution in [0.3, 0.4) is 0 Å². The van der Waals surface area contributed by atoms with Crippen molar-refractivity contribution in [1.29, 1.82) is 0 Å². The highest BCUT2D eigenvalue weighted by molar-refractivity contribution is 7.89. The van der Waals surface area contributed by atoms with Crippen molar-refractivity contribution in [2.45, 2.75) is 11.8 Å². The molecule has 1 fully saturated rings. The van der Waals surface area contributed by atoms with E-state index in [1.165, 1.54) is 6.92 Å². The third kappa shape index (κ3) is 2.31. The van der Waals surface area contributed by atoms with E-state index < -0.39 is 32.5 Å². The summed E-state index contributed by atoms with van der Waals surface area (Å²) < 4.78 is 25.7. The molecule has 1 aliphatic heterocycles. The Balaban J connectivity index is 2.47. The van der Waals surface area contributed by atoms with Gasteiger partial charge in [0.05, 0.1) is 12.2 Å². The van der Waals surface area contributed by atoms with Gasteiger partial charge in [-0.05, 0) is 6.92 Å². The van der Waals surface area contributed by atoms with Gasteiger partial charge in [-0.3, -0.25) is 9.89 Å². The highest BCUT2D eigenvalue weighted by Gasteiger charge is 2.35. The Hall–Kier alpha value is -1.94. The van der Waals surface area contributed by atoms with Gasteiger partial charge in [0.2, 0.25) is 15.9 Å². The lowest BCUT2D eigenvalue weighted by Crippen LogP contribution is -2.50. The molecule has 104 valence electrons. The average molecular weight is 288 g/mol. The van der Waals surface area contributed by atoms with Crippen molar-refractivity contribution in [3.63, 3.8) is 0 Å². The van der Waals surface area contributed by atoms with Crippen LogP contribution in [0.2, 0.25) is 0 Å². The van der Waals surface area contributed by atoms with Crippen LogP contribution in [0, 0.1) is 6.92 Å². The van der Waals surface area contributed by atoms with E-state index in [9.17, 15) is 18.0 Å². The Morgan fingerprint density at radius 2 is 2.16 bits per heavy atom. The largest absolute Gasteiger partial charge is 0.476 e. The number of carbonyl (C=O) groups is 2. The zero-order valence-electron chi connectivity index (χ0n) is 10.0. The minimum Gasteiger partial charge on any atom is -0.476 e. The van der Waals surface area contributed by atoms with E-state index in [0.29, 0.717) is 0 Å². The lowest BCUT2D eigenvalue weighted by molar-refractivity contribution is -0.122. The maximum absolute atomic E-state index is 12.4. The topological polar surface area (TPSA) is 132 Å². The lowest BCUT2D eigenvalue weighted by Gasteiger charge is -2.25. The van der Waals surface area contributed by atoms with E-state index in [2.05, 4.69) is 15.5 Å². The molecule has 19 heavy (non-hydrogen) atoms. The van der Waals surface area contributed by atoms with Gasteiger partial charge in [0.15, 0.2) is 5.69 Å². The van der Waals surface area contributed by atoms with Crippen molar-refractivity contribution >= 4 is 21.9 Å². The summed E-state index contributed by atoms with van der Waals surface area (Å²) >= 11 is 0. The lowest BCUT2D eigenvalue weighted by atomic mass is 10.4. The third-order valence-corrected chi connectivity index (χ3v) is 4.70. The molecule has 0 bridgehead atoms. The number of hydrogen-bond donors (Lipinski definition) is 3. The van der Waals surface area contributed by atoms with Crippen molar-refractivity contribution in [3.05, 3.63) is 11.4 Å². The van der Waals surface area contributed by atoms with Gasteiger partial charge in [0, 0.05) is 13.1 Å². The Labute approximate surface area is 108 Å². The van der Waals surface area contributed by atoms with Gasteiger partial charge in [-0.15, -0.1) is 0 Å². The maximum atomic E-state index is 12.4. The summed E-state index contributed by atoms with van der Waals surface area (Å²) in [6, 6.07) is 0. The summed E-state index contributed by atoms with van der Waals surface area (Å²) in [6.07, 6.45) is 0. The van der Waals surface area contributed by atoms with E-state index in [4.69, 9.17) is 5.11 Å². The van der Waals surface area contributed by atoms with E-state index in [-0.39, 0.29) is 25.3 Å². The summed E-state index contributed by atoms with van der Waals surface area (Å²) in [7, 11) is -4.06. The minimum atomic E-state index is -4.06. The molecule has 9 nitrogen and oxygen atoms in total. The molecular weight excluding hydrogens is 276 g/mol. The van der Waals surface area contributed by atoms with Crippen molar-refractivity contribution in [2.24, 2.45) is 0 Å². The number of aryl methyl sites for hydroxylation is 1. The van der Waals surface area contributed by atoms with Crippen molar-refractivity contribution in [1.82, 2.24) is 19.8 Å². The van der Waals surface area contributed by atoms with Crippen LogP contribution < -0.4 is 5.32 Å². The van der Waals surface area contributed by atoms with Gasteiger partial charge in [-0.2, -0.15) is 9.40 Å². The van der Waals surface area contributed by atoms with Gasteiger partial charge in [-0.25, -0.2) is 13.2 Å². The number of carbonyl (C=O) groups excluding carboxylic acids is 1. The molecule has 1 aliphatic rings. The monoisotopic (exact) mass is 288 g/mol. The number of carboxylic acid groups (broad SMARTS) is 1. The zero-order chi connectivity index (χ0) is 14.2. The summed E-state index contributed by atoms with van der Waals surface area (Å²) in [6.45, 7) is 1.37. The third-order valence-electron chi connectivity index (χ3n) is 2.69. The molecule has 0 saturated carbocycles. The normalized spacial score (nSPS) is 17.2. The van der Waals surface area contributed by atoms with Crippen molar-refractivity contribution < 1.29 is 23.1 Å². The second-order valence-electron chi connectivity index (χ2n) is 4.02. The fraction of sp³-hybridized carbons (Fsp3) is 0.444. The fourth-order valence-corrected chi connectivity index (χ4v) is 3.52. The molecule has 2 rings (SSSR count). The first-order valence-electron chi connectivity index (χ1n) is 5.39. The number of aromatic nitrogens is 2. The van der Waals surface area contributed by atoms with Gasteiger partial charge in [0.25, 0.3) is 0 Å². The first kappa shape index (κ1) is 13.5. The van der Waals surface area contributed by atoms with Crippen LogP contribution in [-0.2, 0) is 14.8 Å². The molecule has 0 atom stereocenters. The molecule has 0 radical (unpaired) electrons. The number of H-pyrrole nitrogens is 1. The Morgan fingerprint density at radius 3 is 2.74 bits per heavy atom. The van der Waals surface area contributed by atoms with E-state index in [0.717, 1.165) is 4.31 Å². The number of nitrogens with zero attached hydrogens (tertiary/aromatic N) is 2. The molecule has 1 aromatic heterocycles. The number of nitrogens with one attached hydrogen (secondary N) is 2. The summed E-state index contributed by atoms with van der Waals surface area (Å²) in [5.74, 6) is -1.86. The standard InChI is InChI=1S/C9H12N4O5S/c1-5-8(7(9(15)16)12-11-5)19(17,18)13-3-2-10-6(14)4-13/h2-4H2,1H3,(H,10,14)(H,11,12)(H,15,16). The number of rotatable bonds is 3. The number of carboxylic acids is 1. The smallest absolute Gasteiger partial charge is 0.357 e. The van der Waals surface area contributed by atoms with Crippen LogP contribution in [0.25, 0.3) is 0 Å². The second-order valence-corrected chi connectivity index (χ2v) is 5.89. The minimum absolute atomic E-state index is 0.0950. The molecule has 3 N–H and O–H groups in total. The number of sulfonamides is 1. The first-order valence-corrected chi connectivity index (χ1v) is 6.83. The number of hydrogen-bond acceptors (Lipinski definition) is 5. The number of aromatic amines is 1. The molecule has 2 heterocycles. The molecule has 1 saturated heterocycles. The second kappa shape index (κ2) is 4.63. The predicted molar refractivity (Wildman–Crippen MR) is 62.1 cm³/mol. The molecule has 0 aliphatic carbocycles. The molecule has 10 heteroatoms. The molecule has 0 aromatic carbocycles. The fourth-order valence-electron chi connectivity index (χ4n) is 1.83. The van der Waals surface area contributed by atoms with Crippen LogP contribution in [0.15, 0.2) is 4.90 Å². The number of piperazine rings is 1. The number of aromatic carboxylic acids is 1. The molecule has 1 aromatic rings. The van der Waals surface area contributed by atoms with Crippen LogP contribution in [0.4, 0.5) is 0 Å². The molecular formula is C9H12N4O5S. The average Bonchev–Trinajstić information content (AvgIpc) is 2.72. The van der Waals surface area contributed by atoms with E-state index in [1.807, 2.05) is 0 Å². The Bertz CT molecular complexity index is 635. The van der Waals surface area contributed by atoms with E-state index >= 15 is 0 Å². The molecule has 1 amide bonds. The van der Waals surface area contributed by atoms with Crippen LogP contribution in [0.1, 0.15) is 16.2 Å². The van der Waals surface area contributed by atoms with Crippen LogP contribution in [0.5, 0.6) is 0 Å². The van der Waals surface area contributed by atoms with E-state index in [1.54, 1.807) is 0 Å². The SMILES string of the molecule is Cc1[nH]nc(C(=O)O)c1S(=O)(=O)N1CCNC(=O)C1. The van der Waals surface area contributed by atoms with Gasteiger partial charge in [-0.1, -0.05) is 0 Å². The predicted octanol–water partition coefficient (Wildman–Crippen LogP) is -1.46. The highest BCUT2D eigenvalue weighted by Crippen LogP contribution is 2.22. The summed E-state index contributed by atoms with van der Waals surface area (Å²) in [5, 5.41) is 17.2. The van der Waals surface area contributed by atoms with Crippen molar-refractivity contribution in [3.8, 4) is 0 Å². The number of amides is 1. The van der Waals surface area contributed by atoms with Gasteiger partial charge >= 0.3 is 5.97 Å². The Kier molecular flexibility index (Phi) is 3.28. The molecule has 0 spiro atoms. The summed E-state index contributed by atoms with van der Waals surface area (Å²) in [5.41, 5.74) is -0.438. The van der Waals surface area contributed by atoms with Crippen molar-refractivity contribution in [2.75, 3.05) is 19.6 Å². The van der Waals surface area contributed by atoms with Gasteiger partial charge in [0.1, 0.15) is 4.90 Å².